The number of aromatic nitrogens is 2. The van der Waals surface area contributed by atoms with E-state index in [2.05, 4.69) is 9.97 Å². The maximum Gasteiger partial charge on any atom is 0.258 e. The summed E-state index contributed by atoms with van der Waals surface area (Å²) in [6, 6.07) is 21.2. The lowest BCUT2D eigenvalue weighted by molar-refractivity contribution is -0.132. The van der Waals surface area contributed by atoms with Gasteiger partial charge in [0.15, 0.2) is 0 Å². The van der Waals surface area contributed by atoms with Crippen molar-refractivity contribution in [1.29, 1.82) is 0 Å². The summed E-state index contributed by atoms with van der Waals surface area (Å²) in [6.07, 6.45) is 1.09. The number of H-pyrrole nitrogens is 1. The van der Waals surface area contributed by atoms with Gasteiger partial charge in [0.1, 0.15) is 5.82 Å². The average molecular weight is 404 g/mol. The van der Waals surface area contributed by atoms with Gasteiger partial charge in [-0.15, -0.1) is 11.3 Å². The first-order valence-electron chi connectivity index (χ1n) is 9.51. The van der Waals surface area contributed by atoms with E-state index in [1.165, 1.54) is 0 Å². The van der Waals surface area contributed by atoms with E-state index in [0.29, 0.717) is 36.1 Å². The molecule has 0 spiro atoms. The Bertz CT molecular complexity index is 1150. The fourth-order valence-corrected chi connectivity index (χ4v) is 3.99. The van der Waals surface area contributed by atoms with Crippen LogP contribution in [0.2, 0.25) is 0 Å². The van der Waals surface area contributed by atoms with Crippen LogP contribution in [0.3, 0.4) is 0 Å². The molecule has 2 heterocycles. The minimum absolute atomic E-state index is 0.0399. The van der Waals surface area contributed by atoms with Crippen LogP contribution in [-0.2, 0) is 24.3 Å². The van der Waals surface area contributed by atoms with E-state index in [-0.39, 0.29) is 18.0 Å². The molecular weight excluding hydrogens is 382 g/mol. The van der Waals surface area contributed by atoms with E-state index in [4.69, 9.17) is 0 Å². The summed E-state index contributed by atoms with van der Waals surface area (Å²) in [5, 5.41) is 2.55. The lowest BCUT2D eigenvalue weighted by Gasteiger charge is -2.22. The summed E-state index contributed by atoms with van der Waals surface area (Å²) in [4.78, 5) is 35.6. The molecule has 0 aliphatic heterocycles. The van der Waals surface area contributed by atoms with E-state index >= 15 is 0 Å². The number of rotatable bonds is 7. The molecule has 146 valence electrons. The topological polar surface area (TPSA) is 66.1 Å². The number of carbonyl (C=O) groups excluding carboxylic acids is 1. The van der Waals surface area contributed by atoms with Crippen LogP contribution >= 0.6 is 11.3 Å². The largest absolute Gasteiger partial charge is 0.330 e. The Balaban J connectivity index is 1.55. The first-order valence-corrected chi connectivity index (χ1v) is 10.4. The Kier molecular flexibility index (Phi) is 5.81. The minimum Gasteiger partial charge on any atom is -0.330 e. The van der Waals surface area contributed by atoms with Gasteiger partial charge in [0.25, 0.3) is 5.56 Å². The molecule has 0 aliphatic carbocycles. The molecule has 0 saturated heterocycles. The Hall–Kier alpha value is -3.25. The van der Waals surface area contributed by atoms with Crippen LogP contribution in [0, 0.1) is 0 Å². The van der Waals surface area contributed by atoms with Crippen LogP contribution in [-0.4, -0.2) is 20.8 Å². The molecule has 0 fully saturated rings. The summed E-state index contributed by atoms with van der Waals surface area (Å²) < 4.78 is 0. The maximum absolute atomic E-state index is 13.0. The third kappa shape index (κ3) is 4.78. The predicted octanol–water partition coefficient (Wildman–Crippen LogP) is 4.15. The van der Waals surface area contributed by atoms with Crippen molar-refractivity contribution in [3.8, 4) is 0 Å². The Morgan fingerprint density at radius 2 is 1.76 bits per heavy atom. The molecule has 2 aromatic heterocycles. The number of nitrogens with one attached hydrogen (secondary N) is 1. The highest BCUT2D eigenvalue weighted by Crippen LogP contribution is 2.16. The predicted molar refractivity (Wildman–Crippen MR) is 116 cm³/mol. The highest BCUT2D eigenvalue weighted by molar-refractivity contribution is 7.09. The first kappa shape index (κ1) is 19.1. The van der Waals surface area contributed by atoms with Gasteiger partial charge in [-0.1, -0.05) is 48.5 Å². The van der Waals surface area contributed by atoms with Crippen molar-refractivity contribution in [2.24, 2.45) is 0 Å². The summed E-state index contributed by atoms with van der Waals surface area (Å²) in [7, 11) is 0. The van der Waals surface area contributed by atoms with Crippen molar-refractivity contribution in [3.63, 3.8) is 0 Å². The van der Waals surface area contributed by atoms with Gasteiger partial charge in [-0.05, 0) is 35.6 Å². The second-order valence-electron chi connectivity index (χ2n) is 6.84. The number of nitrogens with zero attached hydrogens (tertiary/aromatic N) is 2. The molecule has 0 aliphatic rings. The zero-order valence-corrected chi connectivity index (χ0v) is 16.7. The number of hydrogen-bond acceptors (Lipinski definition) is 4. The van der Waals surface area contributed by atoms with Gasteiger partial charge in [0.2, 0.25) is 5.91 Å². The molecule has 0 saturated carbocycles. The molecule has 0 radical (unpaired) electrons. The van der Waals surface area contributed by atoms with Crippen molar-refractivity contribution >= 4 is 28.1 Å². The number of hydrogen-bond donors (Lipinski definition) is 1. The smallest absolute Gasteiger partial charge is 0.258 e. The van der Waals surface area contributed by atoms with E-state index < -0.39 is 0 Å². The molecule has 6 heteroatoms. The number of aryl methyl sites for hydroxylation is 1. The lowest BCUT2D eigenvalue weighted by Crippen LogP contribution is -2.31. The summed E-state index contributed by atoms with van der Waals surface area (Å²) in [6.45, 7) is 0.771. The minimum atomic E-state index is -0.182. The zero-order valence-electron chi connectivity index (χ0n) is 15.9. The Morgan fingerprint density at radius 1 is 0.966 bits per heavy atom. The number of thiophene rings is 1. The van der Waals surface area contributed by atoms with Crippen LogP contribution in [0.15, 0.2) is 76.9 Å². The van der Waals surface area contributed by atoms with Gasteiger partial charge in [0.05, 0.1) is 24.0 Å². The van der Waals surface area contributed by atoms with Gasteiger partial charge >= 0.3 is 0 Å². The third-order valence-corrected chi connectivity index (χ3v) is 5.61. The van der Waals surface area contributed by atoms with E-state index in [0.717, 1.165) is 10.4 Å². The fourth-order valence-electron chi connectivity index (χ4n) is 3.27. The molecular formula is C23H21N3O2S. The molecule has 1 amide bonds. The quantitative estimate of drug-likeness (QED) is 0.504. The second-order valence-corrected chi connectivity index (χ2v) is 7.88. The molecule has 1 N–H and O–H groups in total. The molecule has 4 aromatic rings. The van der Waals surface area contributed by atoms with Crippen molar-refractivity contribution in [3.05, 3.63) is 98.7 Å². The fraction of sp³-hybridized carbons (Fsp3) is 0.174. The van der Waals surface area contributed by atoms with Crippen LogP contribution in [0.5, 0.6) is 0 Å². The van der Waals surface area contributed by atoms with Crippen molar-refractivity contribution in [1.82, 2.24) is 14.9 Å². The number of amides is 1. The number of aromatic amines is 1. The summed E-state index contributed by atoms with van der Waals surface area (Å²) >= 11 is 1.61. The molecule has 2 aromatic carbocycles. The van der Waals surface area contributed by atoms with Gasteiger partial charge in [-0.3, -0.25) is 9.59 Å². The standard InChI is InChI=1S/C23H21N3O2S/c27-22(13-12-17-7-2-1-3-8-17)26(15-18-9-6-14-29-18)16-21-24-20-11-5-4-10-19(20)23(28)25-21/h1-11,14H,12-13,15-16H2,(H,24,25,28). The molecule has 29 heavy (non-hydrogen) atoms. The number of fused-ring (bicyclic) bond motifs is 1. The highest BCUT2D eigenvalue weighted by atomic mass is 32.1. The van der Waals surface area contributed by atoms with Crippen LogP contribution in [0.4, 0.5) is 0 Å². The molecule has 4 rings (SSSR count). The molecule has 0 unspecified atom stereocenters. The molecule has 5 nitrogen and oxygen atoms in total. The number of carbonyl (C=O) groups is 1. The maximum atomic E-state index is 13.0. The monoisotopic (exact) mass is 403 g/mol. The lowest BCUT2D eigenvalue weighted by atomic mass is 10.1. The Labute approximate surface area is 172 Å². The first-order chi connectivity index (χ1) is 14.2. The van der Waals surface area contributed by atoms with Crippen LogP contribution in [0.1, 0.15) is 22.7 Å². The van der Waals surface area contributed by atoms with Gasteiger partial charge in [0, 0.05) is 11.3 Å². The van der Waals surface area contributed by atoms with Gasteiger partial charge < -0.3 is 9.88 Å². The second kappa shape index (κ2) is 8.84. The number of benzene rings is 2. The SMILES string of the molecule is O=C(CCc1ccccc1)N(Cc1nc2ccccc2c(=O)[nH]1)Cc1cccs1. The van der Waals surface area contributed by atoms with E-state index in [1.54, 1.807) is 22.3 Å². The molecule has 0 bridgehead atoms. The van der Waals surface area contributed by atoms with Gasteiger partial charge in [-0.25, -0.2) is 4.98 Å². The van der Waals surface area contributed by atoms with E-state index in [9.17, 15) is 9.59 Å². The van der Waals surface area contributed by atoms with Gasteiger partial charge in [-0.2, -0.15) is 0 Å². The normalized spacial score (nSPS) is 10.9. The van der Waals surface area contributed by atoms with Crippen molar-refractivity contribution < 1.29 is 4.79 Å². The highest BCUT2D eigenvalue weighted by Gasteiger charge is 2.17. The number of para-hydroxylation sites is 1. The van der Waals surface area contributed by atoms with Crippen molar-refractivity contribution in [2.75, 3.05) is 0 Å². The zero-order chi connectivity index (χ0) is 20.1. The van der Waals surface area contributed by atoms with Crippen LogP contribution in [0.25, 0.3) is 10.9 Å². The average Bonchev–Trinajstić information content (AvgIpc) is 3.25. The van der Waals surface area contributed by atoms with Crippen LogP contribution < -0.4 is 5.56 Å². The molecule has 0 atom stereocenters. The summed E-state index contributed by atoms with van der Waals surface area (Å²) in [5.41, 5.74) is 1.59. The third-order valence-electron chi connectivity index (χ3n) is 4.75. The van der Waals surface area contributed by atoms with Crippen molar-refractivity contribution in [2.45, 2.75) is 25.9 Å². The summed E-state index contributed by atoms with van der Waals surface area (Å²) in [5.74, 6) is 0.538. The van der Waals surface area contributed by atoms with E-state index in [1.807, 2.05) is 66.0 Å². The Morgan fingerprint density at radius 3 is 2.55 bits per heavy atom.